The van der Waals surface area contributed by atoms with Crippen LogP contribution in [0.4, 0.5) is 0 Å². The van der Waals surface area contributed by atoms with Gasteiger partial charge in [-0.1, -0.05) is 6.92 Å². The highest BCUT2D eigenvalue weighted by Gasteiger charge is 2.10. The molecular weight excluding hydrogens is 268 g/mol. The Morgan fingerprint density at radius 2 is 2.33 bits per heavy atom. The number of amides is 1. The van der Waals surface area contributed by atoms with Crippen LogP contribution in [0.15, 0.2) is 5.38 Å². The largest absolute Gasteiger partial charge is 0.396 e. The topological polar surface area (TPSA) is 53.4 Å². The first-order valence-corrected chi connectivity index (χ1v) is 7.88. The number of aliphatic hydroxyl groups excluding tert-OH is 1. The number of carbonyl (C=O) groups excluding carboxylic acids is 1. The molecule has 1 heterocycles. The van der Waals surface area contributed by atoms with Crippen LogP contribution < -0.4 is 0 Å². The van der Waals surface area contributed by atoms with Crippen LogP contribution in [-0.4, -0.2) is 47.4 Å². The Hall–Kier alpha value is -0.590. The second-order valence-electron chi connectivity index (χ2n) is 4.50. The molecule has 0 saturated carbocycles. The van der Waals surface area contributed by atoms with Crippen LogP contribution >= 0.6 is 23.1 Å². The minimum atomic E-state index is 0.0810. The van der Waals surface area contributed by atoms with Crippen molar-refractivity contribution in [1.29, 1.82) is 0 Å². The summed E-state index contributed by atoms with van der Waals surface area (Å²) in [6.07, 6.45) is 0.384. The van der Waals surface area contributed by atoms with E-state index in [0.29, 0.717) is 12.3 Å². The van der Waals surface area contributed by atoms with E-state index in [4.69, 9.17) is 5.11 Å². The lowest BCUT2D eigenvalue weighted by molar-refractivity contribution is -0.127. The predicted octanol–water partition coefficient (Wildman–Crippen LogP) is 1.64. The number of aliphatic hydroxyl groups is 1. The van der Waals surface area contributed by atoms with Crippen LogP contribution in [0.1, 0.15) is 17.6 Å². The number of thiazole rings is 1. The molecule has 0 saturated heterocycles. The number of hydrogen-bond donors (Lipinski definition) is 1. The van der Waals surface area contributed by atoms with E-state index in [9.17, 15) is 4.79 Å². The van der Waals surface area contributed by atoms with Crippen LogP contribution in [-0.2, 0) is 17.0 Å². The summed E-state index contributed by atoms with van der Waals surface area (Å²) in [5.74, 6) is 2.18. The van der Waals surface area contributed by atoms with Gasteiger partial charge in [0.05, 0.1) is 12.1 Å². The number of hydrogen-bond acceptors (Lipinski definition) is 5. The molecule has 0 fully saturated rings. The summed E-state index contributed by atoms with van der Waals surface area (Å²) >= 11 is 3.30. The highest BCUT2D eigenvalue weighted by Crippen LogP contribution is 2.18. The number of likely N-dealkylation sites (N-methyl/N-ethyl adjacent to an activating group) is 1. The van der Waals surface area contributed by atoms with Gasteiger partial charge >= 0.3 is 0 Å². The van der Waals surface area contributed by atoms with Crippen molar-refractivity contribution in [2.24, 2.45) is 5.92 Å². The Balaban J connectivity index is 2.37. The van der Waals surface area contributed by atoms with E-state index < -0.39 is 0 Å². The lowest BCUT2D eigenvalue weighted by Crippen LogP contribution is -2.23. The van der Waals surface area contributed by atoms with Crippen molar-refractivity contribution in [3.05, 3.63) is 16.1 Å². The molecule has 1 atom stereocenters. The van der Waals surface area contributed by atoms with Gasteiger partial charge in [0.25, 0.3) is 0 Å². The van der Waals surface area contributed by atoms with Gasteiger partial charge < -0.3 is 10.0 Å². The van der Waals surface area contributed by atoms with Gasteiger partial charge in [-0.2, -0.15) is 11.8 Å². The molecule has 0 aliphatic carbocycles. The smallest absolute Gasteiger partial charge is 0.228 e. The van der Waals surface area contributed by atoms with Gasteiger partial charge in [-0.05, 0) is 11.7 Å². The average Bonchev–Trinajstić information content (AvgIpc) is 2.76. The molecule has 1 N–H and O–H groups in total. The highest BCUT2D eigenvalue weighted by molar-refractivity contribution is 7.98. The fourth-order valence-electron chi connectivity index (χ4n) is 1.20. The third-order valence-corrected chi connectivity index (χ3v) is 4.57. The fraction of sp³-hybridized carbons (Fsp3) is 0.667. The summed E-state index contributed by atoms with van der Waals surface area (Å²) in [6, 6.07) is 0. The first-order valence-electron chi connectivity index (χ1n) is 5.85. The van der Waals surface area contributed by atoms with E-state index in [1.807, 2.05) is 12.3 Å². The Kier molecular flexibility index (Phi) is 6.67. The maximum Gasteiger partial charge on any atom is 0.228 e. The van der Waals surface area contributed by atoms with Gasteiger partial charge in [0.15, 0.2) is 0 Å². The molecule has 1 aromatic rings. The molecule has 4 nitrogen and oxygen atoms in total. The van der Waals surface area contributed by atoms with Crippen LogP contribution in [0.2, 0.25) is 0 Å². The van der Waals surface area contributed by atoms with E-state index in [-0.39, 0.29) is 12.5 Å². The quantitative estimate of drug-likeness (QED) is 0.828. The molecule has 0 radical (unpaired) electrons. The van der Waals surface area contributed by atoms with E-state index in [2.05, 4.69) is 4.98 Å². The summed E-state index contributed by atoms with van der Waals surface area (Å²) in [5.41, 5.74) is 1.02. The van der Waals surface area contributed by atoms with Crippen LogP contribution in [0.25, 0.3) is 0 Å². The van der Waals surface area contributed by atoms with Crippen molar-refractivity contribution in [2.75, 3.05) is 26.5 Å². The van der Waals surface area contributed by atoms with Crippen LogP contribution in [0.3, 0.4) is 0 Å². The zero-order chi connectivity index (χ0) is 13.5. The van der Waals surface area contributed by atoms with Gasteiger partial charge in [0.2, 0.25) is 5.91 Å². The molecule has 0 bridgehead atoms. The van der Waals surface area contributed by atoms with E-state index in [1.54, 1.807) is 30.8 Å². The minimum Gasteiger partial charge on any atom is -0.396 e. The molecule has 1 unspecified atom stereocenters. The lowest BCUT2D eigenvalue weighted by Gasteiger charge is -2.07. The number of nitrogens with zero attached hydrogens (tertiary/aromatic N) is 2. The molecule has 1 rings (SSSR count). The van der Waals surface area contributed by atoms with E-state index in [0.717, 1.165) is 22.2 Å². The SMILES string of the molecule is CC(CO)CSCc1csc(CC(=O)N(C)C)n1. The van der Waals surface area contributed by atoms with Gasteiger partial charge in [0, 0.05) is 31.8 Å². The molecule has 1 aromatic heterocycles. The third kappa shape index (κ3) is 5.37. The Morgan fingerprint density at radius 3 is 2.94 bits per heavy atom. The average molecular weight is 288 g/mol. The maximum absolute atomic E-state index is 11.5. The molecule has 18 heavy (non-hydrogen) atoms. The summed E-state index contributed by atoms with van der Waals surface area (Å²) < 4.78 is 0. The van der Waals surface area contributed by atoms with Crippen LogP contribution in [0, 0.1) is 5.92 Å². The molecule has 1 amide bonds. The monoisotopic (exact) mass is 288 g/mol. The van der Waals surface area contributed by atoms with Gasteiger partial charge in [0.1, 0.15) is 5.01 Å². The minimum absolute atomic E-state index is 0.0810. The molecule has 0 spiro atoms. The highest BCUT2D eigenvalue weighted by atomic mass is 32.2. The van der Waals surface area contributed by atoms with Crippen molar-refractivity contribution < 1.29 is 9.90 Å². The van der Waals surface area contributed by atoms with Crippen molar-refractivity contribution in [3.8, 4) is 0 Å². The van der Waals surface area contributed by atoms with E-state index >= 15 is 0 Å². The summed E-state index contributed by atoms with van der Waals surface area (Å²) in [4.78, 5) is 17.5. The van der Waals surface area contributed by atoms with Crippen molar-refractivity contribution in [1.82, 2.24) is 9.88 Å². The van der Waals surface area contributed by atoms with Gasteiger partial charge in [-0.3, -0.25) is 4.79 Å². The first kappa shape index (κ1) is 15.5. The standard InChI is InChI=1S/C12H20N2O2S2/c1-9(5-15)6-17-7-10-8-18-11(13-10)4-12(16)14(2)3/h8-9,15H,4-7H2,1-3H3. The number of thioether (sulfide) groups is 1. The second-order valence-corrected chi connectivity index (χ2v) is 6.47. The van der Waals surface area contributed by atoms with Crippen molar-refractivity contribution >= 4 is 29.0 Å². The Morgan fingerprint density at radius 1 is 1.61 bits per heavy atom. The Labute approximate surface area is 116 Å². The summed E-state index contributed by atoms with van der Waals surface area (Å²) in [7, 11) is 3.51. The maximum atomic E-state index is 11.5. The van der Waals surface area contributed by atoms with Gasteiger partial charge in [-0.25, -0.2) is 4.98 Å². The molecule has 0 aliphatic heterocycles. The molecule has 102 valence electrons. The van der Waals surface area contributed by atoms with E-state index in [1.165, 1.54) is 11.3 Å². The fourth-order valence-corrected chi connectivity index (χ4v) is 3.07. The zero-order valence-electron chi connectivity index (χ0n) is 11.0. The molecule has 0 aliphatic rings. The molecule has 0 aromatic carbocycles. The predicted molar refractivity (Wildman–Crippen MR) is 76.9 cm³/mol. The number of rotatable bonds is 7. The summed E-state index contributed by atoms with van der Waals surface area (Å²) in [6.45, 7) is 2.25. The lowest BCUT2D eigenvalue weighted by atomic mass is 10.2. The number of aromatic nitrogens is 1. The third-order valence-electron chi connectivity index (χ3n) is 2.36. The summed E-state index contributed by atoms with van der Waals surface area (Å²) in [5, 5.41) is 11.8. The zero-order valence-corrected chi connectivity index (χ0v) is 12.7. The Bertz CT molecular complexity index is 380. The van der Waals surface area contributed by atoms with Crippen molar-refractivity contribution in [3.63, 3.8) is 0 Å². The first-order chi connectivity index (χ1) is 8.52. The molecule has 6 heteroatoms. The van der Waals surface area contributed by atoms with Crippen LogP contribution in [0.5, 0.6) is 0 Å². The van der Waals surface area contributed by atoms with Crippen molar-refractivity contribution in [2.45, 2.75) is 19.1 Å². The second kappa shape index (κ2) is 7.76. The normalized spacial score (nSPS) is 12.4. The molecular formula is C12H20N2O2S2. The van der Waals surface area contributed by atoms with Gasteiger partial charge in [-0.15, -0.1) is 11.3 Å². The number of carbonyl (C=O) groups is 1.